The van der Waals surface area contributed by atoms with Crippen molar-refractivity contribution < 1.29 is 0 Å². The van der Waals surface area contributed by atoms with Gasteiger partial charge in [0.2, 0.25) is 0 Å². The maximum atomic E-state index is 2.58. The maximum Gasteiger partial charge on any atom is 0.0538 e. The van der Waals surface area contributed by atoms with Crippen LogP contribution in [-0.4, -0.2) is 4.57 Å². The van der Waals surface area contributed by atoms with E-state index in [0.717, 1.165) is 12.8 Å². The molecule has 0 fully saturated rings. The van der Waals surface area contributed by atoms with E-state index in [-0.39, 0.29) is 11.3 Å². The van der Waals surface area contributed by atoms with Crippen LogP contribution in [0.2, 0.25) is 0 Å². The van der Waals surface area contributed by atoms with E-state index in [4.69, 9.17) is 0 Å². The third-order valence-corrected chi connectivity index (χ3v) is 12.8. The van der Waals surface area contributed by atoms with Gasteiger partial charge in [0.25, 0.3) is 0 Å². The van der Waals surface area contributed by atoms with E-state index in [2.05, 4.69) is 176 Å². The molecule has 0 N–H and O–H groups in total. The summed E-state index contributed by atoms with van der Waals surface area (Å²) in [6.45, 7) is 4.94. The number of allylic oxidation sites excluding steroid dienone is 2. The second-order valence-corrected chi connectivity index (χ2v) is 15.7. The lowest BCUT2D eigenvalue weighted by molar-refractivity contribution is 0.299. The molecule has 0 amide bonds. The van der Waals surface area contributed by atoms with Gasteiger partial charge in [0.1, 0.15) is 0 Å². The van der Waals surface area contributed by atoms with Gasteiger partial charge in [0.15, 0.2) is 0 Å². The first kappa shape index (κ1) is 29.1. The molecule has 244 valence electrons. The summed E-state index contributed by atoms with van der Waals surface area (Å²) >= 11 is 0. The monoisotopic (exact) mass is 653 g/mol. The van der Waals surface area contributed by atoms with E-state index >= 15 is 0 Å². The van der Waals surface area contributed by atoms with E-state index in [1.54, 1.807) is 11.1 Å². The fraction of sp³-hybridized carbons (Fsp3) is 0.160. The summed E-state index contributed by atoms with van der Waals surface area (Å²) < 4.78 is 2.58. The Bertz CT molecular complexity index is 2750. The number of hydrogen-bond donors (Lipinski definition) is 0. The van der Waals surface area contributed by atoms with Gasteiger partial charge in [-0.1, -0.05) is 147 Å². The first-order chi connectivity index (χ1) is 25.0. The number of benzene rings is 7. The first-order valence-corrected chi connectivity index (χ1v) is 18.6. The van der Waals surface area contributed by atoms with Crippen molar-refractivity contribution in [2.45, 2.75) is 43.9 Å². The molecule has 1 heteroatoms. The lowest BCUT2D eigenvalue weighted by atomic mass is 9.71. The van der Waals surface area contributed by atoms with Crippen molar-refractivity contribution in [2.24, 2.45) is 5.92 Å². The fourth-order valence-corrected chi connectivity index (χ4v) is 10.4. The van der Waals surface area contributed by atoms with Crippen LogP contribution in [0.5, 0.6) is 0 Å². The summed E-state index contributed by atoms with van der Waals surface area (Å²) in [7, 11) is 0. The largest absolute Gasteiger partial charge is 0.313 e. The molecule has 0 saturated carbocycles. The zero-order valence-electron chi connectivity index (χ0n) is 29.1. The van der Waals surface area contributed by atoms with Gasteiger partial charge in [0, 0.05) is 22.4 Å². The molecule has 0 spiro atoms. The molecular formula is C50H39N. The smallest absolute Gasteiger partial charge is 0.0538 e. The normalized spacial score (nSPS) is 19.9. The quantitative estimate of drug-likeness (QED) is 0.179. The van der Waals surface area contributed by atoms with Gasteiger partial charge in [0.05, 0.1) is 11.0 Å². The molecule has 3 unspecified atom stereocenters. The topological polar surface area (TPSA) is 4.93 Å². The minimum absolute atomic E-state index is 0.159. The lowest BCUT2D eigenvalue weighted by Crippen LogP contribution is -2.28. The molecule has 0 aliphatic heterocycles. The average molecular weight is 654 g/mol. The zero-order chi connectivity index (χ0) is 33.8. The van der Waals surface area contributed by atoms with Crippen molar-refractivity contribution in [1.82, 2.24) is 4.57 Å². The third-order valence-electron chi connectivity index (χ3n) is 12.8. The Morgan fingerprint density at radius 3 is 2.18 bits per heavy atom. The molecule has 1 heterocycles. The summed E-state index contributed by atoms with van der Waals surface area (Å²) in [6, 6.07) is 57.3. The van der Waals surface area contributed by atoms with Crippen LogP contribution in [0, 0.1) is 5.92 Å². The molecule has 51 heavy (non-hydrogen) atoms. The summed E-state index contributed by atoms with van der Waals surface area (Å²) in [5.41, 5.74) is 16.7. The van der Waals surface area contributed by atoms with Gasteiger partial charge in [-0.3, -0.25) is 0 Å². The number of hydrogen-bond acceptors (Lipinski definition) is 0. The Hall–Kier alpha value is -5.66. The Morgan fingerprint density at radius 2 is 1.25 bits per heavy atom. The number of fused-ring (bicyclic) bond motifs is 10. The minimum atomic E-state index is 0.159. The highest BCUT2D eigenvalue weighted by Crippen LogP contribution is 2.57. The molecule has 3 aliphatic carbocycles. The highest BCUT2D eigenvalue weighted by atomic mass is 15.0. The highest BCUT2D eigenvalue weighted by molar-refractivity contribution is 6.11. The number of nitrogens with zero attached hydrogens (tertiary/aromatic N) is 1. The Morgan fingerprint density at radius 1 is 0.549 bits per heavy atom. The van der Waals surface area contributed by atoms with Gasteiger partial charge in [-0.25, -0.2) is 0 Å². The van der Waals surface area contributed by atoms with Crippen LogP contribution >= 0.6 is 0 Å². The van der Waals surface area contributed by atoms with E-state index < -0.39 is 0 Å². The predicted molar refractivity (Wildman–Crippen MR) is 214 cm³/mol. The summed E-state index contributed by atoms with van der Waals surface area (Å²) in [5, 5.41) is 5.24. The van der Waals surface area contributed by atoms with Gasteiger partial charge in [-0.05, 0) is 115 Å². The highest BCUT2D eigenvalue weighted by Gasteiger charge is 2.47. The van der Waals surface area contributed by atoms with Crippen molar-refractivity contribution in [2.75, 3.05) is 0 Å². The van der Waals surface area contributed by atoms with Crippen molar-refractivity contribution in [3.63, 3.8) is 0 Å². The number of aromatic nitrogens is 1. The van der Waals surface area contributed by atoms with Crippen LogP contribution in [0.1, 0.15) is 66.3 Å². The number of rotatable bonds is 3. The maximum absolute atomic E-state index is 2.58. The van der Waals surface area contributed by atoms with E-state index in [1.165, 1.54) is 77.2 Å². The van der Waals surface area contributed by atoms with Crippen LogP contribution in [-0.2, 0) is 5.41 Å². The van der Waals surface area contributed by atoms with Gasteiger partial charge in [-0.2, -0.15) is 0 Å². The minimum Gasteiger partial charge on any atom is -0.313 e. The van der Waals surface area contributed by atoms with E-state index in [1.807, 2.05) is 0 Å². The second-order valence-electron chi connectivity index (χ2n) is 15.7. The predicted octanol–water partition coefficient (Wildman–Crippen LogP) is 13.1. The zero-order valence-corrected chi connectivity index (χ0v) is 29.1. The molecule has 1 nitrogen and oxygen atoms in total. The van der Waals surface area contributed by atoms with E-state index in [0.29, 0.717) is 11.8 Å². The lowest BCUT2D eigenvalue weighted by Gasteiger charge is -2.35. The SMILES string of the molecule is CC1(C)c2ccccc2C2CC=C(n3c4ccccc4c4cc(-c5ccc6c(c5)-c5ccccc5C6c5ccc6ccccc6c5)ccc43)CC21. The van der Waals surface area contributed by atoms with Crippen LogP contribution in [0.3, 0.4) is 0 Å². The third kappa shape index (κ3) is 4.15. The Labute approximate surface area is 299 Å². The van der Waals surface area contributed by atoms with Crippen molar-refractivity contribution in [1.29, 1.82) is 0 Å². The molecule has 0 saturated heterocycles. The summed E-state index contributed by atoms with van der Waals surface area (Å²) in [6.07, 6.45) is 4.73. The van der Waals surface area contributed by atoms with Crippen molar-refractivity contribution in [3.05, 3.63) is 186 Å². The van der Waals surface area contributed by atoms with Gasteiger partial charge in [-0.15, -0.1) is 0 Å². The fourth-order valence-electron chi connectivity index (χ4n) is 10.4. The van der Waals surface area contributed by atoms with Crippen LogP contribution < -0.4 is 0 Å². The van der Waals surface area contributed by atoms with Crippen LogP contribution in [0.15, 0.2) is 158 Å². The van der Waals surface area contributed by atoms with Gasteiger partial charge >= 0.3 is 0 Å². The molecule has 11 rings (SSSR count). The summed E-state index contributed by atoms with van der Waals surface area (Å²) in [4.78, 5) is 0. The molecule has 0 bridgehead atoms. The summed E-state index contributed by atoms with van der Waals surface area (Å²) in [5.74, 6) is 1.43. The number of para-hydroxylation sites is 1. The molecule has 3 atom stereocenters. The first-order valence-electron chi connectivity index (χ1n) is 18.6. The van der Waals surface area contributed by atoms with Crippen molar-refractivity contribution >= 4 is 38.3 Å². The van der Waals surface area contributed by atoms with Gasteiger partial charge < -0.3 is 4.57 Å². The Balaban J connectivity index is 1.01. The molecule has 0 radical (unpaired) electrons. The molecule has 7 aromatic carbocycles. The van der Waals surface area contributed by atoms with Crippen LogP contribution in [0.25, 0.3) is 60.5 Å². The second kappa shape index (κ2) is 10.7. The average Bonchev–Trinajstić information content (AvgIpc) is 3.77. The standard InChI is InChI=1S/C50H39N/c1-50(2)45-17-9-7-14-38(45)39-25-23-36(30-46(39)50)51-47-18-10-8-15-40(47)44-29-34(22-26-48(44)51)33-21-24-42-43(28-33)37-13-5-6-16-41(37)49(42)35-20-19-31-11-3-4-12-32(31)27-35/h3-24,26-29,39,46,49H,25,30H2,1-2H3. The molecule has 8 aromatic rings. The van der Waals surface area contributed by atoms with E-state index in [9.17, 15) is 0 Å². The Kier molecular flexibility index (Phi) is 6.09. The van der Waals surface area contributed by atoms with Crippen LogP contribution in [0.4, 0.5) is 0 Å². The molecular weight excluding hydrogens is 615 g/mol. The molecule has 3 aliphatic rings. The molecule has 1 aromatic heterocycles. The van der Waals surface area contributed by atoms with Crippen molar-refractivity contribution in [3.8, 4) is 22.3 Å².